The van der Waals surface area contributed by atoms with E-state index in [2.05, 4.69) is 14.7 Å². The highest BCUT2D eigenvalue weighted by Crippen LogP contribution is 2.24. The van der Waals surface area contributed by atoms with Gasteiger partial charge in [0.25, 0.3) is 0 Å². The molecule has 0 bridgehead atoms. The summed E-state index contributed by atoms with van der Waals surface area (Å²) >= 11 is 0. The lowest BCUT2D eigenvalue weighted by molar-refractivity contribution is 0.281. The number of nitrogens with zero attached hydrogens (tertiary/aromatic N) is 1. The Morgan fingerprint density at radius 2 is 2.25 bits per heavy atom. The Bertz CT molecular complexity index is 668. The Labute approximate surface area is 116 Å². The van der Waals surface area contributed by atoms with E-state index in [-0.39, 0.29) is 23.8 Å². The fourth-order valence-corrected chi connectivity index (χ4v) is 2.87. The molecule has 0 spiro atoms. The molecule has 7 nitrogen and oxygen atoms in total. The molecule has 0 fully saturated rings. The summed E-state index contributed by atoms with van der Waals surface area (Å²) in [6, 6.07) is 4.49. The van der Waals surface area contributed by atoms with Crippen molar-refractivity contribution in [3.8, 4) is 5.75 Å². The van der Waals surface area contributed by atoms with Gasteiger partial charge in [-0.3, -0.25) is 0 Å². The number of hydrogen-bond acceptors (Lipinski definition) is 5. The molecule has 0 unspecified atom stereocenters. The summed E-state index contributed by atoms with van der Waals surface area (Å²) in [6.07, 6.45) is 3.15. The fraction of sp³-hybridized carbons (Fsp3) is 0.250. The first-order valence-corrected chi connectivity index (χ1v) is 7.31. The van der Waals surface area contributed by atoms with Crippen molar-refractivity contribution in [2.45, 2.75) is 18.0 Å². The number of H-pyrrole nitrogens is 1. The van der Waals surface area contributed by atoms with Gasteiger partial charge in [-0.25, -0.2) is 18.1 Å². The van der Waals surface area contributed by atoms with Crippen LogP contribution < -0.4 is 9.46 Å². The number of imidazole rings is 1. The summed E-state index contributed by atoms with van der Waals surface area (Å²) in [5, 5.41) is 9.10. The van der Waals surface area contributed by atoms with Crippen LogP contribution in [0.4, 0.5) is 0 Å². The van der Waals surface area contributed by atoms with Crippen molar-refractivity contribution >= 4 is 10.0 Å². The summed E-state index contributed by atoms with van der Waals surface area (Å²) < 4.78 is 32.0. The minimum absolute atomic E-state index is 0.0156. The van der Waals surface area contributed by atoms with E-state index in [9.17, 15) is 8.42 Å². The smallest absolute Gasteiger partial charge is 0.244 e. The number of methoxy groups -OCH3 is 1. The van der Waals surface area contributed by atoms with Crippen LogP contribution in [-0.4, -0.2) is 30.6 Å². The molecule has 3 N–H and O–H groups in total. The second kappa shape index (κ2) is 6.04. The first-order chi connectivity index (χ1) is 9.56. The number of benzene rings is 1. The number of nitrogens with one attached hydrogen (secondary N) is 2. The zero-order valence-corrected chi connectivity index (χ0v) is 11.6. The minimum atomic E-state index is -3.76. The average molecular weight is 297 g/mol. The molecule has 0 saturated carbocycles. The maximum atomic E-state index is 12.3. The van der Waals surface area contributed by atoms with Gasteiger partial charge in [-0.05, 0) is 17.7 Å². The maximum absolute atomic E-state index is 12.3. The molecule has 1 aromatic heterocycles. The molecular weight excluding hydrogens is 282 g/mol. The third-order valence-corrected chi connectivity index (χ3v) is 4.11. The molecule has 108 valence electrons. The number of rotatable bonds is 6. The molecule has 1 aromatic carbocycles. The van der Waals surface area contributed by atoms with E-state index in [0.717, 1.165) is 0 Å². The molecule has 0 atom stereocenters. The van der Waals surface area contributed by atoms with Gasteiger partial charge in [-0.15, -0.1) is 0 Å². The largest absolute Gasteiger partial charge is 0.495 e. The van der Waals surface area contributed by atoms with E-state index < -0.39 is 10.0 Å². The highest BCUT2D eigenvalue weighted by Gasteiger charge is 2.20. The monoisotopic (exact) mass is 297 g/mol. The number of ether oxygens (including phenoxy) is 1. The molecule has 2 rings (SSSR count). The number of hydrogen-bond donors (Lipinski definition) is 3. The van der Waals surface area contributed by atoms with Crippen molar-refractivity contribution < 1.29 is 18.3 Å². The van der Waals surface area contributed by atoms with Gasteiger partial charge in [-0.1, -0.05) is 6.07 Å². The number of aromatic amines is 1. The van der Waals surface area contributed by atoms with Gasteiger partial charge in [0, 0.05) is 12.4 Å². The lowest BCUT2D eigenvalue weighted by Gasteiger charge is -2.11. The van der Waals surface area contributed by atoms with Crippen molar-refractivity contribution in [2.75, 3.05) is 7.11 Å². The Kier molecular flexibility index (Phi) is 4.38. The van der Waals surface area contributed by atoms with E-state index in [1.807, 2.05) is 0 Å². The average Bonchev–Trinajstić information content (AvgIpc) is 2.98. The summed E-state index contributed by atoms with van der Waals surface area (Å²) in [5.74, 6) is 0.722. The number of aromatic nitrogens is 2. The fourth-order valence-electron chi connectivity index (χ4n) is 1.67. The lowest BCUT2D eigenvalue weighted by Crippen LogP contribution is -2.24. The Morgan fingerprint density at radius 1 is 1.45 bits per heavy atom. The quantitative estimate of drug-likeness (QED) is 0.715. The Hall–Kier alpha value is -1.90. The second-order valence-corrected chi connectivity index (χ2v) is 5.74. The summed E-state index contributed by atoms with van der Waals surface area (Å²) in [7, 11) is -2.37. The highest BCUT2D eigenvalue weighted by molar-refractivity contribution is 7.89. The molecule has 1 heterocycles. The number of aliphatic hydroxyl groups is 1. The molecule has 0 radical (unpaired) electrons. The Balaban J connectivity index is 2.28. The van der Waals surface area contributed by atoms with Crippen molar-refractivity contribution in [2.24, 2.45) is 0 Å². The molecule has 0 amide bonds. The topological polar surface area (TPSA) is 104 Å². The van der Waals surface area contributed by atoms with E-state index in [4.69, 9.17) is 9.84 Å². The molecule has 0 saturated heterocycles. The molecule has 8 heteroatoms. The zero-order valence-electron chi connectivity index (χ0n) is 10.8. The normalized spacial score (nSPS) is 11.5. The predicted octanol–water partition coefficient (Wildman–Crippen LogP) is 0.389. The zero-order chi connectivity index (χ0) is 14.6. The maximum Gasteiger partial charge on any atom is 0.244 e. The van der Waals surface area contributed by atoms with E-state index in [1.165, 1.54) is 25.4 Å². The minimum Gasteiger partial charge on any atom is -0.495 e. The SMILES string of the molecule is COc1ccc(CO)cc1S(=O)(=O)NCc1ncc[nH]1. The van der Waals surface area contributed by atoms with Crippen LogP contribution in [0, 0.1) is 0 Å². The van der Waals surface area contributed by atoms with Gasteiger partial charge in [0.1, 0.15) is 16.5 Å². The molecule has 0 aliphatic carbocycles. The van der Waals surface area contributed by atoms with Gasteiger partial charge >= 0.3 is 0 Å². The third kappa shape index (κ3) is 3.16. The summed E-state index contributed by atoms with van der Waals surface area (Å²) in [6.45, 7) is -0.202. The molecular formula is C12H15N3O4S. The van der Waals surface area contributed by atoms with Crippen LogP contribution in [0.15, 0.2) is 35.5 Å². The Morgan fingerprint density at radius 3 is 2.85 bits per heavy atom. The molecule has 0 aliphatic heterocycles. The van der Waals surface area contributed by atoms with Gasteiger partial charge in [0.15, 0.2) is 0 Å². The van der Waals surface area contributed by atoms with Crippen molar-refractivity contribution in [3.63, 3.8) is 0 Å². The van der Waals surface area contributed by atoms with Crippen LogP contribution in [0.1, 0.15) is 11.4 Å². The van der Waals surface area contributed by atoms with E-state index in [1.54, 1.807) is 12.3 Å². The van der Waals surface area contributed by atoms with Crippen LogP contribution in [0.5, 0.6) is 5.75 Å². The summed E-state index contributed by atoms with van der Waals surface area (Å²) in [5.41, 5.74) is 0.490. The van der Waals surface area contributed by atoms with Crippen LogP contribution in [0.3, 0.4) is 0 Å². The van der Waals surface area contributed by atoms with E-state index >= 15 is 0 Å². The van der Waals surface area contributed by atoms with Crippen LogP contribution in [0.2, 0.25) is 0 Å². The van der Waals surface area contributed by atoms with Gasteiger partial charge < -0.3 is 14.8 Å². The molecule has 20 heavy (non-hydrogen) atoms. The lowest BCUT2D eigenvalue weighted by atomic mass is 10.2. The summed E-state index contributed by atoms with van der Waals surface area (Å²) in [4.78, 5) is 6.72. The van der Waals surface area contributed by atoms with Crippen LogP contribution >= 0.6 is 0 Å². The van der Waals surface area contributed by atoms with Crippen molar-refractivity contribution in [1.29, 1.82) is 0 Å². The van der Waals surface area contributed by atoms with Crippen molar-refractivity contribution in [3.05, 3.63) is 42.0 Å². The highest BCUT2D eigenvalue weighted by atomic mass is 32.2. The van der Waals surface area contributed by atoms with E-state index in [0.29, 0.717) is 11.4 Å². The number of aliphatic hydroxyl groups excluding tert-OH is 1. The van der Waals surface area contributed by atoms with Gasteiger partial charge in [-0.2, -0.15) is 0 Å². The van der Waals surface area contributed by atoms with Gasteiger partial charge in [0.05, 0.1) is 20.3 Å². The first-order valence-electron chi connectivity index (χ1n) is 5.82. The van der Waals surface area contributed by atoms with Gasteiger partial charge in [0.2, 0.25) is 10.0 Å². The second-order valence-electron chi connectivity index (χ2n) is 4.00. The van der Waals surface area contributed by atoms with Crippen LogP contribution in [0.25, 0.3) is 0 Å². The predicted molar refractivity (Wildman–Crippen MR) is 71.5 cm³/mol. The van der Waals surface area contributed by atoms with Crippen molar-refractivity contribution in [1.82, 2.24) is 14.7 Å². The standard InChI is InChI=1S/C12H15N3O4S/c1-19-10-3-2-9(8-16)6-11(10)20(17,18)15-7-12-13-4-5-14-12/h2-6,15-16H,7-8H2,1H3,(H,13,14). The van der Waals surface area contributed by atoms with Crippen LogP contribution in [-0.2, 0) is 23.2 Å². The third-order valence-electron chi connectivity index (χ3n) is 2.68. The number of sulfonamides is 1. The first kappa shape index (κ1) is 14.5. The molecule has 2 aromatic rings. The molecule has 0 aliphatic rings.